The van der Waals surface area contributed by atoms with Gasteiger partial charge in [0.1, 0.15) is 0 Å². The van der Waals surface area contributed by atoms with Crippen LogP contribution in [0, 0.1) is 5.92 Å². The van der Waals surface area contributed by atoms with Gasteiger partial charge in [0.15, 0.2) is 0 Å². The molecule has 1 aromatic heterocycles. The summed E-state index contributed by atoms with van der Waals surface area (Å²) in [5.41, 5.74) is 2.91. The molecule has 0 unspecified atom stereocenters. The number of amides is 1. The lowest BCUT2D eigenvalue weighted by Crippen LogP contribution is -2.12. The van der Waals surface area contributed by atoms with Gasteiger partial charge < -0.3 is 15.4 Å². The first-order valence-electron chi connectivity index (χ1n) is 6.29. The number of hydrogen-bond donors (Lipinski definition) is 3. The Morgan fingerprint density at radius 1 is 1.44 bits per heavy atom. The van der Waals surface area contributed by atoms with Crippen LogP contribution in [0.4, 0.5) is 5.69 Å². The van der Waals surface area contributed by atoms with Crippen molar-refractivity contribution in [2.24, 2.45) is 5.92 Å². The smallest absolute Gasteiger partial charge is 0.227 e. The second kappa shape index (κ2) is 4.46. The first-order valence-corrected chi connectivity index (χ1v) is 6.29. The second-order valence-corrected chi connectivity index (χ2v) is 4.82. The monoisotopic (exact) mass is 244 g/mol. The fourth-order valence-corrected chi connectivity index (χ4v) is 2.14. The van der Waals surface area contributed by atoms with Gasteiger partial charge in [-0.15, -0.1) is 0 Å². The van der Waals surface area contributed by atoms with Crippen LogP contribution in [-0.4, -0.2) is 22.6 Å². The lowest BCUT2D eigenvalue weighted by Gasteiger charge is -2.03. The number of aromatic amines is 1. The van der Waals surface area contributed by atoms with Crippen molar-refractivity contribution in [1.82, 2.24) is 4.98 Å². The number of hydrogen-bond acceptors (Lipinski definition) is 2. The summed E-state index contributed by atoms with van der Waals surface area (Å²) in [7, 11) is 0. The second-order valence-electron chi connectivity index (χ2n) is 4.82. The number of fused-ring (bicyclic) bond motifs is 1. The van der Waals surface area contributed by atoms with Gasteiger partial charge in [0.2, 0.25) is 5.91 Å². The van der Waals surface area contributed by atoms with Crippen LogP contribution >= 0.6 is 0 Å². The number of carbonyl (C=O) groups excluding carboxylic acids is 1. The molecule has 94 valence electrons. The molecule has 3 rings (SSSR count). The quantitative estimate of drug-likeness (QED) is 0.770. The molecule has 0 aliphatic heterocycles. The third-order valence-electron chi connectivity index (χ3n) is 3.35. The predicted octanol–water partition coefficient (Wildman–Crippen LogP) is 2.05. The van der Waals surface area contributed by atoms with E-state index in [1.165, 1.54) is 0 Å². The molecule has 0 saturated heterocycles. The number of H-pyrrole nitrogens is 1. The van der Waals surface area contributed by atoms with Crippen molar-refractivity contribution >= 4 is 22.5 Å². The number of nitrogens with one attached hydrogen (secondary N) is 2. The van der Waals surface area contributed by atoms with Crippen LogP contribution in [0.3, 0.4) is 0 Å². The number of aliphatic hydroxyl groups is 1. The number of anilines is 1. The number of rotatable bonds is 4. The van der Waals surface area contributed by atoms with E-state index in [1.807, 2.05) is 24.4 Å². The number of benzene rings is 1. The molecule has 18 heavy (non-hydrogen) atoms. The largest absolute Gasteiger partial charge is 0.396 e. The molecule has 1 aliphatic rings. The fraction of sp³-hybridized carbons (Fsp3) is 0.357. The highest BCUT2D eigenvalue weighted by Crippen LogP contribution is 2.32. The Morgan fingerprint density at radius 2 is 2.28 bits per heavy atom. The van der Waals surface area contributed by atoms with Crippen molar-refractivity contribution in [3.63, 3.8) is 0 Å². The molecule has 1 saturated carbocycles. The molecule has 1 aromatic carbocycles. The third kappa shape index (κ3) is 2.11. The maximum Gasteiger partial charge on any atom is 0.227 e. The zero-order valence-electron chi connectivity index (χ0n) is 10.1. The van der Waals surface area contributed by atoms with Crippen molar-refractivity contribution in [3.05, 3.63) is 30.0 Å². The van der Waals surface area contributed by atoms with E-state index in [9.17, 15) is 4.79 Å². The van der Waals surface area contributed by atoms with Crippen LogP contribution in [0.1, 0.15) is 18.4 Å². The maximum absolute atomic E-state index is 11.8. The third-order valence-corrected chi connectivity index (χ3v) is 3.35. The zero-order valence-corrected chi connectivity index (χ0v) is 10.1. The molecule has 0 bridgehead atoms. The number of aromatic nitrogens is 1. The standard InChI is InChI=1S/C14H16N2O2/c17-6-5-9-1-4-12-11(7-9)13(8-15-12)16-14(18)10-2-3-10/h1,4,7-8,10,15,17H,2-3,5-6H2,(H,16,18). The summed E-state index contributed by atoms with van der Waals surface area (Å²) < 4.78 is 0. The fourth-order valence-electron chi connectivity index (χ4n) is 2.14. The van der Waals surface area contributed by atoms with E-state index in [1.54, 1.807) is 0 Å². The van der Waals surface area contributed by atoms with E-state index in [2.05, 4.69) is 10.3 Å². The SMILES string of the molecule is O=C(Nc1c[nH]c2ccc(CCO)cc12)C1CC1. The van der Waals surface area contributed by atoms with Crippen molar-refractivity contribution in [2.45, 2.75) is 19.3 Å². The molecule has 1 fully saturated rings. The van der Waals surface area contributed by atoms with Gasteiger partial charge >= 0.3 is 0 Å². The van der Waals surface area contributed by atoms with E-state index in [0.29, 0.717) is 6.42 Å². The minimum absolute atomic E-state index is 0.114. The Kier molecular flexibility index (Phi) is 2.80. The van der Waals surface area contributed by atoms with Gasteiger partial charge in [-0.3, -0.25) is 4.79 Å². The van der Waals surface area contributed by atoms with Crippen LogP contribution in [0.5, 0.6) is 0 Å². The summed E-state index contributed by atoms with van der Waals surface area (Å²) in [6, 6.07) is 5.99. The Bertz CT molecular complexity index is 584. The van der Waals surface area contributed by atoms with E-state index >= 15 is 0 Å². The Labute approximate surface area is 105 Å². The molecule has 2 aromatic rings. The molecular formula is C14H16N2O2. The van der Waals surface area contributed by atoms with Gasteiger partial charge in [0.05, 0.1) is 5.69 Å². The maximum atomic E-state index is 11.8. The Hall–Kier alpha value is -1.81. The highest BCUT2D eigenvalue weighted by atomic mass is 16.2. The minimum Gasteiger partial charge on any atom is -0.396 e. The summed E-state index contributed by atoms with van der Waals surface area (Å²) in [6.45, 7) is 0.139. The van der Waals surface area contributed by atoms with Gasteiger partial charge in [-0.1, -0.05) is 6.07 Å². The van der Waals surface area contributed by atoms with Crippen molar-refractivity contribution in [2.75, 3.05) is 11.9 Å². The van der Waals surface area contributed by atoms with Crippen LogP contribution in [0.25, 0.3) is 10.9 Å². The van der Waals surface area contributed by atoms with Crippen LogP contribution < -0.4 is 5.32 Å². The van der Waals surface area contributed by atoms with Gasteiger partial charge in [0, 0.05) is 29.6 Å². The lowest BCUT2D eigenvalue weighted by molar-refractivity contribution is -0.117. The summed E-state index contributed by atoms with van der Waals surface area (Å²) in [5.74, 6) is 0.319. The van der Waals surface area contributed by atoms with Crippen LogP contribution in [0.2, 0.25) is 0 Å². The molecule has 4 nitrogen and oxygen atoms in total. The van der Waals surface area contributed by atoms with Crippen molar-refractivity contribution in [3.8, 4) is 0 Å². The average molecular weight is 244 g/mol. The van der Waals surface area contributed by atoms with Gasteiger partial charge in [-0.2, -0.15) is 0 Å². The molecule has 1 heterocycles. The van der Waals surface area contributed by atoms with Crippen molar-refractivity contribution < 1.29 is 9.90 Å². The highest BCUT2D eigenvalue weighted by Gasteiger charge is 2.29. The summed E-state index contributed by atoms with van der Waals surface area (Å²) in [4.78, 5) is 14.9. The molecule has 4 heteroatoms. The molecule has 3 N–H and O–H groups in total. The summed E-state index contributed by atoms with van der Waals surface area (Å²) >= 11 is 0. The highest BCUT2D eigenvalue weighted by molar-refractivity contribution is 6.03. The first kappa shape index (κ1) is 11.3. The van der Waals surface area contributed by atoms with E-state index in [0.717, 1.165) is 35.0 Å². The molecular weight excluding hydrogens is 228 g/mol. The molecule has 1 amide bonds. The number of aliphatic hydroxyl groups excluding tert-OH is 1. The molecule has 0 spiro atoms. The first-order chi connectivity index (χ1) is 8.78. The van der Waals surface area contributed by atoms with Crippen LogP contribution in [0.15, 0.2) is 24.4 Å². The Balaban J connectivity index is 1.90. The van der Waals surface area contributed by atoms with Crippen LogP contribution in [-0.2, 0) is 11.2 Å². The van der Waals surface area contributed by atoms with Crippen molar-refractivity contribution in [1.29, 1.82) is 0 Å². The zero-order chi connectivity index (χ0) is 12.5. The van der Waals surface area contributed by atoms with E-state index in [-0.39, 0.29) is 18.4 Å². The molecule has 0 radical (unpaired) electrons. The number of carbonyl (C=O) groups is 1. The van der Waals surface area contributed by atoms with E-state index < -0.39 is 0 Å². The Morgan fingerprint density at radius 3 is 3.00 bits per heavy atom. The van der Waals surface area contributed by atoms with Gasteiger partial charge in [0.25, 0.3) is 0 Å². The average Bonchev–Trinajstić information content (AvgIpc) is 3.15. The van der Waals surface area contributed by atoms with Gasteiger partial charge in [-0.05, 0) is 37.0 Å². The predicted molar refractivity (Wildman–Crippen MR) is 70.4 cm³/mol. The minimum atomic E-state index is 0.114. The summed E-state index contributed by atoms with van der Waals surface area (Å²) in [6.07, 6.45) is 4.47. The lowest BCUT2D eigenvalue weighted by atomic mass is 10.1. The van der Waals surface area contributed by atoms with Gasteiger partial charge in [-0.25, -0.2) is 0 Å². The van der Waals surface area contributed by atoms with E-state index in [4.69, 9.17) is 5.11 Å². The molecule has 1 aliphatic carbocycles. The molecule has 0 atom stereocenters. The topological polar surface area (TPSA) is 65.1 Å². The normalized spacial score (nSPS) is 14.9. The summed E-state index contributed by atoms with van der Waals surface area (Å²) in [5, 5.41) is 12.9.